The monoisotopic (exact) mass is 235 g/mol. The molecule has 5 heteroatoms. The number of benzene rings is 1. The molecule has 1 fully saturated rings. The quantitative estimate of drug-likeness (QED) is 0.821. The Morgan fingerprint density at radius 3 is 3.06 bits per heavy atom. The number of anilines is 1. The van der Waals surface area contributed by atoms with E-state index in [0.717, 1.165) is 11.9 Å². The molecule has 2 N–H and O–H groups in total. The van der Waals surface area contributed by atoms with Crippen LogP contribution in [0, 0.1) is 5.82 Å². The van der Waals surface area contributed by atoms with Gasteiger partial charge in [-0.3, -0.25) is 0 Å². The number of hydrogen-bond donors (Lipinski definition) is 1. The Balaban J connectivity index is 2.29. The lowest BCUT2D eigenvalue weighted by Crippen LogP contribution is -2.31. The number of nitrogens with two attached hydrogens (primary N) is 1. The summed E-state index contributed by atoms with van der Waals surface area (Å²) >= 11 is 0. The standard InChI is InChI=1S/C12H14FN3O/c1-12(5-6-17-7-12)16-9-4-2-3-8(13)10(9)15-11(16)14/h2-4H,5-7H2,1H3,(H2,14,15). The molecule has 1 aliphatic rings. The van der Waals surface area contributed by atoms with Crippen molar-refractivity contribution in [2.75, 3.05) is 18.9 Å². The van der Waals surface area contributed by atoms with Crippen molar-refractivity contribution < 1.29 is 9.13 Å². The predicted octanol–water partition coefficient (Wildman–Crippen LogP) is 1.89. The number of para-hydroxylation sites is 1. The van der Waals surface area contributed by atoms with Crippen LogP contribution in [0.2, 0.25) is 0 Å². The molecule has 4 nitrogen and oxygen atoms in total. The number of fused-ring (bicyclic) bond motifs is 1. The zero-order valence-electron chi connectivity index (χ0n) is 9.61. The maximum Gasteiger partial charge on any atom is 0.201 e. The van der Waals surface area contributed by atoms with Crippen molar-refractivity contribution in [3.8, 4) is 0 Å². The summed E-state index contributed by atoms with van der Waals surface area (Å²) in [5.74, 6) is 0.00793. The zero-order chi connectivity index (χ0) is 12.0. The highest BCUT2D eigenvalue weighted by Gasteiger charge is 2.34. The molecule has 0 spiro atoms. The van der Waals surface area contributed by atoms with E-state index in [2.05, 4.69) is 11.9 Å². The van der Waals surface area contributed by atoms with E-state index in [-0.39, 0.29) is 11.4 Å². The first-order valence-corrected chi connectivity index (χ1v) is 5.62. The van der Waals surface area contributed by atoms with Gasteiger partial charge in [-0.1, -0.05) is 6.07 Å². The highest BCUT2D eigenvalue weighted by Crippen LogP contribution is 2.33. The largest absolute Gasteiger partial charge is 0.379 e. The van der Waals surface area contributed by atoms with E-state index in [4.69, 9.17) is 10.5 Å². The second kappa shape index (κ2) is 3.43. The molecular formula is C12H14FN3O. The van der Waals surface area contributed by atoms with Gasteiger partial charge in [0.2, 0.25) is 5.95 Å². The lowest BCUT2D eigenvalue weighted by molar-refractivity contribution is 0.164. The maximum absolute atomic E-state index is 13.6. The average molecular weight is 235 g/mol. The van der Waals surface area contributed by atoms with E-state index in [1.165, 1.54) is 6.07 Å². The summed E-state index contributed by atoms with van der Waals surface area (Å²) in [4.78, 5) is 4.11. The normalized spacial score (nSPS) is 24.6. The Morgan fingerprint density at radius 1 is 1.53 bits per heavy atom. The SMILES string of the molecule is CC1(n2c(N)nc3c(F)cccc32)CCOC1. The summed E-state index contributed by atoms with van der Waals surface area (Å²) in [5.41, 5.74) is 6.75. The van der Waals surface area contributed by atoms with Gasteiger partial charge in [0.05, 0.1) is 17.7 Å². The molecule has 0 aliphatic carbocycles. The molecular weight excluding hydrogens is 221 g/mol. The number of rotatable bonds is 1. The van der Waals surface area contributed by atoms with E-state index < -0.39 is 0 Å². The van der Waals surface area contributed by atoms with Gasteiger partial charge in [-0.2, -0.15) is 0 Å². The van der Waals surface area contributed by atoms with Gasteiger partial charge < -0.3 is 15.0 Å². The van der Waals surface area contributed by atoms with Gasteiger partial charge in [-0.15, -0.1) is 0 Å². The van der Waals surface area contributed by atoms with Crippen LogP contribution in [0.3, 0.4) is 0 Å². The van der Waals surface area contributed by atoms with Crippen LogP contribution in [-0.2, 0) is 10.3 Å². The van der Waals surface area contributed by atoms with Gasteiger partial charge in [-0.25, -0.2) is 9.37 Å². The first-order chi connectivity index (χ1) is 8.12. The first kappa shape index (κ1) is 10.5. The number of imidazole rings is 1. The molecule has 1 aromatic carbocycles. The highest BCUT2D eigenvalue weighted by molar-refractivity contribution is 5.79. The van der Waals surface area contributed by atoms with Crippen LogP contribution in [-0.4, -0.2) is 22.8 Å². The van der Waals surface area contributed by atoms with Gasteiger partial charge in [0.15, 0.2) is 5.82 Å². The van der Waals surface area contributed by atoms with Crippen molar-refractivity contribution in [2.45, 2.75) is 18.9 Å². The van der Waals surface area contributed by atoms with Crippen molar-refractivity contribution in [3.63, 3.8) is 0 Å². The van der Waals surface area contributed by atoms with E-state index in [1.807, 2.05) is 10.6 Å². The zero-order valence-corrected chi connectivity index (χ0v) is 9.61. The minimum atomic E-state index is -0.338. The van der Waals surface area contributed by atoms with Gasteiger partial charge in [0, 0.05) is 6.61 Å². The molecule has 90 valence electrons. The van der Waals surface area contributed by atoms with Crippen LogP contribution in [0.4, 0.5) is 10.3 Å². The van der Waals surface area contributed by atoms with Crippen LogP contribution in [0.25, 0.3) is 11.0 Å². The van der Waals surface area contributed by atoms with Crippen LogP contribution in [0.5, 0.6) is 0 Å². The lowest BCUT2D eigenvalue weighted by atomic mass is 10.0. The Kier molecular flexibility index (Phi) is 2.13. The Labute approximate surface area is 98.2 Å². The summed E-state index contributed by atoms with van der Waals surface area (Å²) in [5, 5.41) is 0. The van der Waals surface area contributed by atoms with Crippen molar-refractivity contribution >= 4 is 17.0 Å². The first-order valence-electron chi connectivity index (χ1n) is 5.62. The minimum Gasteiger partial charge on any atom is -0.379 e. The summed E-state index contributed by atoms with van der Waals surface area (Å²) < 4.78 is 20.9. The molecule has 0 amide bonds. The van der Waals surface area contributed by atoms with Gasteiger partial charge in [0.1, 0.15) is 5.52 Å². The van der Waals surface area contributed by atoms with Crippen LogP contribution < -0.4 is 5.73 Å². The molecule has 1 aliphatic heterocycles. The van der Waals surface area contributed by atoms with E-state index in [9.17, 15) is 4.39 Å². The van der Waals surface area contributed by atoms with E-state index in [1.54, 1.807) is 6.07 Å². The van der Waals surface area contributed by atoms with Crippen molar-refractivity contribution in [1.82, 2.24) is 9.55 Å². The average Bonchev–Trinajstić information content (AvgIpc) is 2.83. The van der Waals surface area contributed by atoms with Crippen molar-refractivity contribution in [3.05, 3.63) is 24.0 Å². The maximum atomic E-state index is 13.6. The number of halogens is 1. The summed E-state index contributed by atoms with van der Waals surface area (Å²) in [6.45, 7) is 3.34. The third kappa shape index (κ3) is 1.42. The van der Waals surface area contributed by atoms with Crippen LogP contribution >= 0.6 is 0 Å². The number of aromatic nitrogens is 2. The third-order valence-electron chi connectivity index (χ3n) is 3.40. The smallest absolute Gasteiger partial charge is 0.201 e. The lowest BCUT2D eigenvalue weighted by Gasteiger charge is -2.25. The molecule has 2 heterocycles. The topological polar surface area (TPSA) is 53.1 Å². The molecule has 1 atom stereocenters. The fraction of sp³-hybridized carbons (Fsp3) is 0.417. The number of ether oxygens (including phenoxy) is 1. The molecule has 0 bridgehead atoms. The summed E-state index contributed by atoms with van der Waals surface area (Å²) in [6, 6.07) is 4.91. The predicted molar refractivity (Wildman–Crippen MR) is 63.2 cm³/mol. The van der Waals surface area contributed by atoms with Crippen molar-refractivity contribution in [1.29, 1.82) is 0 Å². The molecule has 1 unspecified atom stereocenters. The summed E-state index contributed by atoms with van der Waals surface area (Å²) in [6.07, 6.45) is 0.860. The molecule has 0 saturated carbocycles. The number of hydrogen-bond acceptors (Lipinski definition) is 3. The van der Waals surface area contributed by atoms with Crippen LogP contribution in [0.15, 0.2) is 18.2 Å². The molecule has 1 aromatic heterocycles. The highest BCUT2D eigenvalue weighted by atomic mass is 19.1. The van der Waals surface area contributed by atoms with E-state index >= 15 is 0 Å². The molecule has 0 radical (unpaired) electrons. The van der Waals surface area contributed by atoms with Gasteiger partial charge >= 0.3 is 0 Å². The van der Waals surface area contributed by atoms with Gasteiger partial charge in [-0.05, 0) is 25.5 Å². The molecule has 1 saturated heterocycles. The van der Waals surface area contributed by atoms with Gasteiger partial charge in [0.25, 0.3) is 0 Å². The molecule has 17 heavy (non-hydrogen) atoms. The molecule has 2 aromatic rings. The van der Waals surface area contributed by atoms with Crippen LogP contribution in [0.1, 0.15) is 13.3 Å². The third-order valence-corrected chi connectivity index (χ3v) is 3.40. The second-order valence-electron chi connectivity index (χ2n) is 4.71. The summed E-state index contributed by atoms with van der Waals surface area (Å²) in [7, 11) is 0. The van der Waals surface area contributed by atoms with Crippen molar-refractivity contribution in [2.24, 2.45) is 0 Å². The van der Waals surface area contributed by atoms with E-state index in [0.29, 0.717) is 24.7 Å². The fourth-order valence-corrected chi connectivity index (χ4v) is 2.48. The Bertz CT molecular complexity index is 572. The minimum absolute atomic E-state index is 0.230. The Morgan fingerprint density at radius 2 is 2.35 bits per heavy atom. The second-order valence-corrected chi connectivity index (χ2v) is 4.71. The Hall–Kier alpha value is -1.62. The molecule has 3 rings (SSSR count). The number of nitrogens with zero attached hydrogens (tertiary/aromatic N) is 2. The number of nitrogen functional groups attached to an aromatic ring is 1. The fourth-order valence-electron chi connectivity index (χ4n) is 2.48.